The van der Waals surface area contributed by atoms with Crippen LogP contribution in [0.2, 0.25) is 0 Å². The first-order valence-corrected chi connectivity index (χ1v) is 26.7. The third kappa shape index (κ3) is 4.58. The average molecular weight is 969 g/mol. The van der Waals surface area contributed by atoms with Crippen LogP contribution in [0.3, 0.4) is 0 Å². The Morgan fingerprint density at radius 2 is 0.688 bits per heavy atom. The van der Waals surface area contributed by atoms with Gasteiger partial charge < -0.3 is 4.42 Å². The number of benzene rings is 13. The van der Waals surface area contributed by atoms with Gasteiger partial charge in [-0.3, -0.25) is 9.97 Å². The first-order chi connectivity index (χ1) is 38.2. The zero-order chi connectivity index (χ0) is 49.5. The minimum Gasteiger partial charge on any atom is -0.456 e. The third-order valence-electron chi connectivity index (χ3n) is 18.3. The molecule has 0 aliphatic heterocycles. The molecule has 3 heteroatoms. The molecule has 20 rings (SSSR count). The number of para-hydroxylation sites is 1. The molecule has 0 radical (unpaired) electrons. The van der Waals surface area contributed by atoms with Gasteiger partial charge in [0, 0.05) is 45.4 Å². The molecule has 0 fully saturated rings. The van der Waals surface area contributed by atoms with E-state index in [1.165, 1.54) is 163 Å². The van der Waals surface area contributed by atoms with Gasteiger partial charge in [0.25, 0.3) is 0 Å². The van der Waals surface area contributed by atoms with Crippen LogP contribution in [-0.2, 0) is 0 Å². The van der Waals surface area contributed by atoms with E-state index >= 15 is 0 Å². The molecule has 348 valence electrons. The summed E-state index contributed by atoms with van der Waals surface area (Å²) in [5, 5.41) is 33.9. The van der Waals surface area contributed by atoms with Gasteiger partial charge in [-0.2, -0.15) is 0 Å². The Morgan fingerprint density at radius 1 is 0.234 bits per heavy atom. The van der Waals surface area contributed by atoms with Crippen LogP contribution in [0.5, 0.6) is 0 Å². The second-order valence-electron chi connectivity index (χ2n) is 21.6. The number of fused-ring (bicyclic) bond motifs is 19. The molecular formula is C74H36N2O. The number of aromatic nitrogens is 2. The van der Waals surface area contributed by atoms with Crippen LogP contribution in [0, 0.1) is 0 Å². The molecular weight excluding hydrogens is 933 g/mol. The molecule has 1 aliphatic carbocycles. The highest BCUT2D eigenvalue weighted by atomic mass is 16.3. The number of nitrogens with zero attached hydrogens (tertiary/aromatic N) is 2. The highest BCUT2D eigenvalue weighted by molar-refractivity contribution is 6.54. The van der Waals surface area contributed by atoms with Gasteiger partial charge in [-0.1, -0.05) is 158 Å². The smallest absolute Gasteiger partial charge is 0.135 e. The van der Waals surface area contributed by atoms with Crippen molar-refractivity contribution in [1.82, 2.24) is 9.97 Å². The maximum absolute atomic E-state index is 6.52. The van der Waals surface area contributed by atoms with Crippen molar-refractivity contribution in [1.29, 1.82) is 0 Å². The summed E-state index contributed by atoms with van der Waals surface area (Å²) >= 11 is 0. The molecule has 1 aliphatic rings. The summed E-state index contributed by atoms with van der Waals surface area (Å²) in [6.07, 6.45) is 3.80. The van der Waals surface area contributed by atoms with E-state index in [2.05, 4.69) is 194 Å². The summed E-state index contributed by atoms with van der Waals surface area (Å²) in [5.41, 5.74) is 13.5. The van der Waals surface area contributed by atoms with Gasteiger partial charge in [0.15, 0.2) is 0 Å². The molecule has 16 aromatic carbocycles. The highest BCUT2D eigenvalue weighted by Crippen LogP contribution is 2.60. The number of pyridine rings is 2. The monoisotopic (exact) mass is 968 g/mol. The molecule has 0 spiro atoms. The predicted octanol–water partition coefficient (Wildman–Crippen LogP) is 20.6. The van der Waals surface area contributed by atoms with Crippen molar-refractivity contribution in [3.8, 4) is 55.9 Å². The van der Waals surface area contributed by atoms with Crippen LogP contribution in [-0.4, -0.2) is 9.97 Å². The summed E-state index contributed by atoms with van der Waals surface area (Å²) in [6, 6.07) is 77.4. The van der Waals surface area contributed by atoms with Crippen molar-refractivity contribution >= 4 is 151 Å². The lowest BCUT2D eigenvalue weighted by molar-refractivity contribution is 0.669. The van der Waals surface area contributed by atoms with E-state index in [-0.39, 0.29) is 0 Å². The molecule has 0 N–H and O–H groups in total. The minimum atomic E-state index is 0.905. The zero-order valence-corrected chi connectivity index (χ0v) is 41.1. The normalized spacial score (nSPS) is 12.9. The number of furan rings is 1. The van der Waals surface area contributed by atoms with E-state index in [0.717, 1.165) is 44.5 Å². The summed E-state index contributed by atoms with van der Waals surface area (Å²) in [7, 11) is 0. The molecule has 19 aromatic rings. The molecule has 77 heavy (non-hydrogen) atoms. The minimum absolute atomic E-state index is 0.905. The van der Waals surface area contributed by atoms with Gasteiger partial charge >= 0.3 is 0 Å². The Morgan fingerprint density at radius 3 is 1.36 bits per heavy atom. The molecule has 0 saturated carbocycles. The fourth-order valence-electron chi connectivity index (χ4n) is 15.4. The summed E-state index contributed by atoms with van der Waals surface area (Å²) in [4.78, 5) is 9.84. The lowest BCUT2D eigenvalue weighted by Crippen LogP contribution is -1.92. The molecule has 3 nitrogen and oxygen atoms in total. The molecule has 0 amide bonds. The standard InChI is InChI=1S/C74H36N2O/c1-2-15-41-40(14-1)70-69-49-17-10-12-37-11-9-16-42(61(37)49)55(69)36-56-62(38-21-32-60-54(35-38)39-13-3-4-20-59(39)77-60)72-52-30-24-45-43-22-28-50-65-47(57-18-5-7-33-75-57)26-27-48(58-19-6-8-34-76-58)66(65)51-29-23-44(63(43)67(50)51)46-25-31-53(68(52)64(45)46)73(72)71(41)74(56)70/h1-36H. The topological polar surface area (TPSA) is 38.9 Å². The van der Waals surface area contributed by atoms with E-state index in [4.69, 9.17) is 14.4 Å². The van der Waals surface area contributed by atoms with Crippen LogP contribution in [0.1, 0.15) is 0 Å². The maximum Gasteiger partial charge on any atom is 0.135 e. The van der Waals surface area contributed by atoms with Gasteiger partial charge in [0.1, 0.15) is 11.2 Å². The number of hydrogen-bond donors (Lipinski definition) is 0. The molecule has 0 saturated heterocycles. The van der Waals surface area contributed by atoms with Crippen LogP contribution in [0.15, 0.2) is 223 Å². The first-order valence-electron chi connectivity index (χ1n) is 26.7. The Labute approximate surface area is 437 Å². The first kappa shape index (κ1) is 39.3. The van der Waals surface area contributed by atoms with Crippen LogP contribution in [0.25, 0.3) is 207 Å². The van der Waals surface area contributed by atoms with E-state index in [1.54, 1.807) is 0 Å². The van der Waals surface area contributed by atoms with Crippen LogP contribution < -0.4 is 0 Å². The van der Waals surface area contributed by atoms with Crippen molar-refractivity contribution in [2.24, 2.45) is 0 Å². The quantitative estimate of drug-likeness (QED) is 0.131. The summed E-state index contributed by atoms with van der Waals surface area (Å²) in [6.45, 7) is 0. The Hall–Kier alpha value is -10.2. The molecule has 0 bridgehead atoms. The second kappa shape index (κ2) is 13.5. The van der Waals surface area contributed by atoms with Crippen LogP contribution >= 0.6 is 0 Å². The van der Waals surface area contributed by atoms with Gasteiger partial charge in [-0.05, 0) is 200 Å². The van der Waals surface area contributed by atoms with E-state index < -0.39 is 0 Å². The molecule has 0 atom stereocenters. The molecule has 3 aromatic heterocycles. The van der Waals surface area contributed by atoms with E-state index in [1.807, 2.05) is 24.5 Å². The lowest BCUT2D eigenvalue weighted by atomic mass is 9.86. The summed E-state index contributed by atoms with van der Waals surface area (Å²) < 4.78 is 6.52. The SMILES string of the molecule is c1ccc(-c2ccc(-c3ccccn3)c3c2-c2ccc4c5ccc6c7c(-c8ccc9oc%10ccccc%10c9c8)c8cc9c%10cccc%11cccc(c%11%10)c9c9c%10ccccc%10c(c7c7ccc(c%10ccc-3c2c4%10)c5c67)c89)nc1. The predicted molar refractivity (Wildman–Crippen MR) is 325 cm³/mol. The lowest BCUT2D eigenvalue weighted by Gasteiger charge is -2.16. The van der Waals surface area contributed by atoms with Crippen molar-refractivity contribution < 1.29 is 4.42 Å². The third-order valence-corrected chi connectivity index (χ3v) is 18.3. The Bertz CT molecular complexity index is 5730. The largest absolute Gasteiger partial charge is 0.456 e. The number of rotatable bonds is 3. The average Bonchev–Trinajstić information content (AvgIpc) is 4.47. The molecule has 3 heterocycles. The van der Waals surface area contributed by atoms with E-state index in [0.29, 0.717) is 0 Å². The maximum atomic E-state index is 6.52. The molecule has 0 unspecified atom stereocenters. The van der Waals surface area contributed by atoms with Crippen molar-refractivity contribution in [3.63, 3.8) is 0 Å². The summed E-state index contributed by atoms with van der Waals surface area (Å²) in [5.74, 6) is 0. The van der Waals surface area contributed by atoms with Crippen LogP contribution in [0.4, 0.5) is 0 Å². The van der Waals surface area contributed by atoms with Crippen molar-refractivity contribution in [2.75, 3.05) is 0 Å². The highest BCUT2D eigenvalue weighted by Gasteiger charge is 2.33. The van der Waals surface area contributed by atoms with Gasteiger partial charge in [-0.25, -0.2) is 0 Å². The van der Waals surface area contributed by atoms with Crippen molar-refractivity contribution in [2.45, 2.75) is 0 Å². The van der Waals surface area contributed by atoms with Gasteiger partial charge in [-0.15, -0.1) is 0 Å². The fourth-order valence-corrected chi connectivity index (χ4v) is 15.4. The number of hydrogen-bond acceptors (Lipinski definition) is 3. The fraction of sp³-hybridized carbons (Fsp3) is 0. The van der Waals surface area contributed by atoms with Crippen molar-refractivity contribution in [3.05, 3.63) is 219 Å². The van der Waals surface area contributed by atoms with E-state index in [9.17, 15) is 0 Å². The second-order valence-corrected chi connectivity index (χ2v) is 21.6. The Balaban J connectivity index is 0.968. The van der Waals surface area contributed by atoms with Gasteiger partial charge in [0.2, 0.25) is 0 Å². The Kier molecular flexibility index (Phi) is 6.91. The zero-order valence-electron chi connectivity index (χ0n) is 41.1. The van der Waals surface area contributed by atoms with Gasteiger partial charge in [0.05, 0.1) is 11.4 Å².